The fraction of sp³-hybridized carbons (Fsp3) is 0.333. The summed E-state index contributed by atoms with van der Waals surface area (Å²) in [6.07, 6.45) is 5.81. The van der Waals surface area contributed by atoms with Crippen molar-refractivity contribution < 1.29 is 0 Å². The van der Waals surface area contributed by atoms with Gasteiger partial charge in [0.25, 0.3) is 0 Å². The first-order valence-electron chi connectivity index (χ1n) is 6.56. The standard InChI is InChI=1S/C15H17N3S2/c1-10(9-19-3)13-7-12-15(18(13)2)20-14(17-12)11-5-4-6-16-8-11/h4-8,10H,9H2,1-3H3. The maximum absolute atomic E-state index is 4.76. The highest BCUT2D eigenvalue weighted by atomic mass is 32.2. The lowest BCUT2D eigenvalue weighted by atomic mass is 10.1. The Balaban J connectivity index is 2.02. The number of fused-ring (bicyclic) bond motifs is 1. The minimum Gasteiger partial charge on any atom is -0.338 e. The number of aryl methyl sites for hydroxylation is 1. The van der Waals surface area contributed by atoms with E-state index in [1.807, 2.05) is 24.0 Å². The summed E-state index contributed by atoms with van der Waals surface area (Å²) in [6, 6.07) is 6.24. The van der Waals surface area contributed by atoms with Gasteiger partial charge in [-0.2, -0.15) is 11.8 Å². The molecule has 0 N–H and O–H groups in total. The van der Waals surface area contributed by atoms with Crippen molar-refractivity contribution in [1.82, 2.24) is 14.5 Å². The number of thiazole rings is 1. The SMILES string of the molecule is CSCC(C)c1cc2nc(-c3cccnc3)sc2n1C. The molecule has 0 aliphatic heterocycles. The van der Waals surface area contributed by atoms with Gasteiger partial charge < -0.3 is 4.57 Å². The molecule has 3 aromatic heterocycles. The monoisotopic (exact) mass is 303 g/mol. The van der Waals surface area contributed by atoms with Gasteiger partial charge in [-0.05, 0) is 24.5 Å². The molecule has 0 saturated heterocycles. The highest BCUT2D eigenvalue weighted by molar-refractivity contribution is 7.98. The van der Waals surface area contributed by atoms with Gasteiger partial charge in [-0.1, -0.05) is 18.3 Å². The smallest absolute Gasteiger partial charge is 0.127 e. The van der Waals surface area contributed by atoms with Gasteiger partial charge in [-0.15, -0.1) is 0 Å². The van der Waals surface area contributed by atoms with Crippen molar-refractivity contribution in [3.8, 4) is 10.6 Å². The first-order valence-corrected chi connectivity index (χ1v) is 8.77. The molecule has 0 fully saturated rings. The van der Waals surface area contributed by atoms with Gasteiger partial charge in [0, 0.05) is 42.4 Å². The van der Waals surface area contributed by atoms with Crippen molar-refractivity contribution in [1.29, 1.82) is 0 Å². The van der Waals surface area contributed by atoms with Crippen LogP contribution >= 0.6 is 23.1 Å². The van der Waals surface area contributed by atoms with Gasteiger partial charge >= 0.3 is 0 Å². The molecule has 5 heteroatoms. The van der Waals surface area contributed by atoms with Gasteiger partial charge in [-0.3, -0.25) is 4.98 Å². The average molecular weight is 303 g/mol. The Bertz CT molecular complexity index is 715. The van der Waals surface area contributed by atoms with Gasteiger partial charge in [0.1, 0.15) is 15.4 Å². The summed E-state index contributed by atoms with van der Waals surface area (Å²) in [4.78, 5) is 10.2. The summed E-state index contributed by atoms with van der Waals surface area (Å²) in [5, 5.41) is 1.04. The van der Waals surface area contributed by atoms with Crippen LogP contribution in [0, 0.1) is 0 Å². The van der Waals surface area contributed by atoms with Gasteiger partial charge in [0.15, 0.2) is 0 Å². The normalized spacial score (nSPS) is 12.9. The average Bonchev–Trinajstić information content (AvgIpc) is 3.00. The van der Waals surface area contributed by atoms with Crippen molar-refractivity contribution in [2.45, 2.75) is 12.8 Å². The Hall–Kier alpha value is -1.33. The van der Waals surface area contributed by atoms with Gasteiger partial charge in [-0.25, -0.2) is 4.98 Å². The van der Waals surface area contributed by atoms with Crippen molar-refractivity contribution in [2.24, 2.45) is 7.05 Å². The predicted octanol–water partition coefficient (Wildman–Crippen LogP) is 4.16. The van der Waals surface area contributed by atoms with E-state index in [1.54, 1.807) is 17.5 Å². The molecular formula is C15H17N3S2. The van der Waals surface area contributed by atoms with E-state index in [2.05, 4.69) is 41.9 Å². The van der Waals surface area contributed by atoms with E-state index < -0.39 is 0 Å². The third-order valence-corrected chi connectivity index (χ3v) is 5.47. The summed E-state index contributed by atoms with van der Waals surface area (Å²) in [5.74, 6) is 1.69. The fourth-order valence-electron chi connectivity index (χ4n) is 2.43. The van der Waals surface area contributed by atoms with Gasteiger partial charge in [0.05, 0.1) is 0 Å². The number of nitrogens with zero attached hydrogens (tertiary/aromatic N) is 3. The highest BCUT2D eigenvalue weighted by Crippen LogP contribution is 2.33. The van der Waals surface area contributed by atoms with E-state index in [0.717, 1.165) is 21.8 Å². The van der Waals surface area contributed by atoms with E-state index in [1.165, 1.54) is 10.5 Å². The van der Waals surface area contributed by atoms with Crippen LogP contribution in [0.25, 0.3) is 20.9 Å². The molecule has 0 aliphatic rings. The molecule has 3 heterocycles. The molecule has 1 unspecified atom stereocenters. The van der Waals surface area contributed by atoms with E-state index in [9.17, 15) is 0 Å². The largest absolute Gasteiger partial charge is 0.338 e. The first kappa shape index (κ1) is 13.6. The number of aromatic nitrogens is 3. The number of thioether (sulfide) groups is 1. The number of rotatable bonds is 4. The zero-order valence-electron chi connectivity index (χ0n) is 11.8. The maximum atomic E-state index is 4.76. The molecule has 0 bridgehead atoms. The lowest BCUT2D eigenvalue weighted by Gasteiger charge is -2.11. The summed E-state index contributed by atoms with van der Waals surface area (Å²) in [7, 11) is 2.14. The summed E-state index contributed by atoms with van der Waals surface area (Å²) < 4.78 is 2.29. The van der Waals surface area contributed by atoms with Crippen LogP contribution in [0.3, 0.4) is 0 Å². The molecule has 3 aromatic rings. The molecule has 104 valence electrons. The molecule has 1 atom stereocenters. The van der Waals surface area contributed by atoms with Crippen LogP contribution < -0.4 is 0 Å². The van der Waals surface area contributed by atoms with Crippen LogP contribution in [0.5, 0.6) is 0 Å². The van der Waals surface area contributed by atoms with Gasteiger partial charge in [0.2, 0.25) is 0 Å². The number of hydrogen-bond acceptors (Lipinski definition) is 4. The third kappa shape index (κ3) is 2.36. The van der Waals surface area contributed by atoms with Crippen LogP contribution in [0.4, 0.5) is 0 Å². The van der Waals surface area contributed by atoms with E-state index in [4.69, 9.17) is 4.98 Å². The fourth-order valence-corrected chi connectivity index (χ4v) is 4.12. The van der Waals surface area contributed by atoms with E-state index in [-0.39, 0.29) is 0 Å². The Morgan fingerprint density at radius 2 is 2.30 bits per heavy atom. The van der Waals surface area contributed by atoms with Crippen LogP contribution in [-0.4, -0.2) is 26.5 Å². The molecule has 0 aromatic carbocycles. The molecule has 20 heavy (non-hydrogen) atoms. The number of hydrogen-bond donors (Lipinski definition) is 0. The van der Waals surface area contributed by atoms with Crippen molar-refractivity contribution in [3.63, 3.8) is 0 Å². The quantitative estimate of drug-likeness (QED) is 0.725. The van der Waals surface area contributed by atoms with Crippen molar-refractivity contribution in [2.75, 3.05) is 12.0 Å². The summed E-state index contributed by atoms with van der Waals surface area (Å²) in [5.41, 5.74) is 3.55. The molecule has 3 rings (SSSR count). The Labute approximate surface area is 127 Å². The zero-order chi connectivity index (χ0) is 14.1. The molecule has 0 saturated carbocycles. The maximum Gasteiger partial charge on any atom is 0.127 e. The van der Waals surface area contributed by atoms with Crippen LogP contribution in [0.15, 0.2) is 30.6 Å². The third-order valence-electron chi connectivity index (χ3n) is 3.44. The van der Waals surface area contributed by atoms with E-state index in [0.29, 0.717) is 5.92 Å². The minimum absolute atomic E-state index is 0.554. The molecule has 0 spiro atoms. The van der Waals surface area contributed by atoms with Crippen molar-refractivity contribution >= 4 is 33.4 Å². The summed E-state index contributed by atoms with van der Waals surface area (Å²) >= 11 is 3.63. The lowest BCUT2D eigenvalue weighted by Crippen LogP contribution is -2.02. The predicted molar refractivity (Wildman–Crippen MR) is 88.6 cm³/mol. The highest BCUT2D eigenvalue weighted by Gasteiger charge is 2.16. The minimum atomic E-state index is 0.554. The molecule has 0 radical (unpaired) electrons. The second kappa shape index (κ2) is 5.58. The molecule has 0 aliphatic carbocycles. The number of pyridine rings is 1. The first-order chi connectivity index (χ1) is 9.70. The molecular weight excluding hydrogens is 286 g/mol. The summed E-state index contributed by atoms with van der Waals surface area (Å²) in [6.45, 7) is 2.28. The lowest BCUT2D eigenvalue weighted by molar-refractivity contribution is 0.766. The van der Waals surface area contributed by atoms with Crippen LogP contribution in [-0.2, 0) is 7.05 Å². The van der Waals surface area contributed by atoms with Crippen LogP contribution in [0.2, 0.25) is 0 Å². The molecule has 3 nitrogen and oxygen atoms in total. The Kier molecular flexibility index (Phi) is 3.81. The van der Waals surface area contributed by atoms with E-state index >= 15 is 0 Å². The second-order valence-corrected chi connectivity index (χ2v) is 6.82. The van der Waals surface area contributed by atoms with Crippen LogP contribution in [0.1, 0.15) is 18.5 Å². The zero-order valence-corrected chi connectivity index (χ0v) is 13.5. The Morgan fingerprint density at radius 1 is 1.45 bits per heavy atom. The van der Waals surface area contributed by atoms with Crippen molar-refractivity contribution in [3.05, 3.63) is 36.3 Å². The second-order valence-electron chi connectivity index (χ2n) is 4.94. The topological polar surface area (TPSA) is 30.7 Å². The Morgan fingerprint density at radius 3 is 2.95 bits per heavy atom. The molecule has 0 amide bonds.